The van der Waals surface area contributed by atoms with Gasteiger partial charge in [-0.05, 0) is 6.07 Å². The lowest BCUT2D eigenvalue weighted by Gasteiger charge is -2.29. The summed E-state index contributed by atoms with van der Waals surface area (Å²) in [6, 6.07) is 3.77. The molecule has 0 aromatic carbocycles. The lowest BCUT2D eigenvalue weighted by atomic mass is 10.2. The Morgan fingerprint density at radius 3 is 2.92 bits per heavy atom. The Hall–Kier alpha value is -2.61. The highest BCUT2D eigenvalue weighted by Crippen LogP contribution is 2.18. The first-order chi connectivity index (χ1) is 12.1. The Morgan fingerprint density at radius 2 is 2.20 bits per heavy atom. The first-order valence-corrected chi connectivity index (χ1v) is 8.36. The van der Waals surface area contributed by atoms with E-state index in [-0.39, 0.29) is 6.03 Å². The van der Waals surface area contributed by atoms with Crippen molar-refractivity contribution in [3.8, 4) is 0 Å². The molecule has 0 spiro atoms. The maximum absolute atomic E-state index is 12.3. The van der Waals surface area contributed by atoms with Crippen LogP contribution in [0.4, 0.5) is 10.6 Å². The molecule has 0 radical (unpaired) electrons. The number of carbonyl (C=O) groups is 1. The van der Waals surface area contributed by atoms with Crippen molar-refractivity contribution in [1.29, 1.82) is 0 Å². The Labute approximate surface area is 147 Å². The van der Waals surface area contributed by atoms with Gasteiger partial charge in [0.2, 0.25) is 0 Å². The van der Waals surface area contributed by atoms with Crippen LogP contribution in [0.15, 0.2) is 30.7 Å². The number of carbonyl (C=O) groups excluding carboxylic acids is 1. The number of pyridine rings is 1. The third-order valence-corrected chi connectivity index (χ3v) is 4.13. The van der Waals surface area contributed by atoms with Gasteiger partial charge in [-0.25, -0.2) is 9.78 Å². The van der Waals surface area contributed by atoms with Crippen molar-refractivity contribution >= 4 is 11.8 Å². The minimum Gasteiger partial charge on any atom is -0.378 e. The lowest BCUT2D eigenvalue weighted by Crippen LogP contribution is -2.39. The molecule has 1 N–H and O–H groups in total. The molecule has 25 heavy (non-hydrogen) atoms. The molecule has 1 aliphatic heterocycles. The predicted octanol–water partition coefficient (Wildman–Crippen LogP) is 0.993. The van der Waals surface area contributed by atoms with Gasteiger partial charge in [0.15, 0.2) is 0 Å². The van der Waals surface area contributed by atoms with Crippen LogP contribution in [-0.2, 0) is 24.9 Å². The van der Waals surface area contributed by atoms with Crippen LogP contribution in [0, 0.1) is 0 Å². The van der Waals surface area contributed by atoms with E-state index in [4.69, 9.17) is 4.74 Å². The number of urea groups is 1. The highest BCUT2D eigenvalue weighted by atomic mass is 16.5. The first kappa shape index (κ1) is 17.2. The van der Waals surface area contributed by atoms with Crippen molar-refractivity contribution in [2.75, 3.05) is 38.3 Å². The van der Waals surface area contributed by atoms with Crippen molar-refractivity contribution < 1.29 is 9.53 Å². The van der Waals surface area contributed by atoms with Crippen LogP contribution in [0.5, 0.6) is 0 Å². The molecule has 8 heteroatoms. The molecule has 134 valence electrons. The summed E-state index contributed by atoms with van der Waals surface area (Å²) >= 11 is 0. The van der Waals surface area contributed by atoms with Crippen molar-refractivity contribution in [2.45, 2.75) is 13.1 Å². The second-order valence-corrected chi connectivity index (χ2v) is 6.12. The van der Waals surface area contributed by atoms with Gasteiger partial charge < -0.3 is 19.9 Å². The minimum absolute atomic E-state index is 0.124. The fraction of sp³-hybridized carbons (Fsp3) is 0.471. The van der Waals surface area contributed by atoms with Gasteiger partial charge in [-0.1, -0.05) is 6.07 Å². The fourth-order valence-electron chi connectivity index (χ4n) is 2.83. The Kier molecular flexibility index (Phi) is 5.49. The quantitative estimate of drug-likeness (QED) is 0.876. The molecule has 1 saturated heterocycles. The summed E-state index contributed by atoms with van der Waals surface area (Å²) < 4.78 is 7.12. The van der Waals surface area contributed by atoms with Crippen LogP contribution in [-0.4, -0.2) is 59.0 Å². The van der Waals surface area contributed by atoms with E-state index in [0.717, 1.165) is 30.0 Å². The Morgan fingerprint density at radius 1 is 1.40 bits per heavy atom. The van der Waals surface area contributed by atoms with E-state index in [0.29, 0.717) is 26.3 Å². The minimum atomic E-state index is -0.124. The number of hydrogen-bond donors (Lipinski definition) is 1. The smallest absolute Gasteiger partial charge is 0.317 e. The number of ether oxygens (including phenoxy) is 1. The van der Waals surface area contributed by atoms with E-state index in [2.05, 4.69) is 20.3 Å². The van der Waals surface area contributed by atoms with Gasteiger partial charge in [-0.2, -0.15) is 5.10 Å². The number of morpholine rings is 1. The Balaban J connectivity index is 1.58. The number of aryl methyl sites for hydroxylation is 1. The number of anilines is 1. The van der Waals surface area contributed by atoms with E-state index >= 15 is 0 Å². The molecular formula is C17H24N6O2. The summed E-state index contributed by atoms with van der Waals surface area (Å²) in [5.74, 6) is 0.918. The number of rotatable bonds is 5. The van der Waals surface area contributed by atoms with E-state index in [1.165, 1.54) is 0 Å². The molecule has 1 aliphatic rings. The van der Waals surface area contributed by atoms with E-state index in [1.54, 1.807) is 29.0 Å². The number of aromatic nitrogens is 3. The summed E-state index contributed by atoms with van der Waals surface area (Å²) in [5, 5.41) is 7.09. The van der Waals surface area contributed by atoms with Gasteiger partial charge >= 0.3 is 6.03 Å². The van der Waals surface area contributed by atoms with Crippen LogP contribution in [0.3, 0.4) is 0 Å². The molecule has 0 aliphatic carbocycles. The molecule has 2 aromatic heterocycles. The zero-order chi connectivity index (χ0) is 17.6. The standard InChI is InChI=1S/C17H24N6O2/c1-21(12-14-10-20-22(2)13-14)17(24)19-11-15-4-3-5-18-16(15)23-6-8-25-9-7-23/h3-5,10,13H,6-9,11-12H2,1-2H3,(H,19,24). The van der Waals surface area contributed by atoms with E-state index < -0.39 is 0 Å². The average molecular weight is 344 g/mol. The zero-order valence-electron chi connectivity index (χ0n) is 14.7. The summed E-state index contributed by atoms with van der Waals surface area (Å²) in [6.45, 7) is 4.00. The summed E-state index contributed by atoms with van der Waals surface area (Å²) in [5.41, 5.74) is 2.00. The number of hydrogen-bond acceptors (Lipinski definition) is 5. The zero-order valence-corrected chi connectivity index (χ0v) is 14.7. The second kappa shape index (κ2) is 7.98. The second-order valence-electron chi connectivity index (χ2n) is 6.12. The maximum Gasteiger partial charge on any atom is 0.317 e. The molecule has 2 aromatic rings. The van der Waals surface area contributed by atoms with Crippen molar-refractivity contribution in [2.24, 2.45) is 7.05 Å². The summed E-state index contributed by atoms with van der Waals surface area (Å²) in [6.07, 6.45) is 5.45. The van der Waals surface area contributed by atoms with Crippen LogP contribution < -0.4 is 10.2 Å². The van der Waals surface area contributed by atoms with Crippen molar-refractivity contribution in [1.82, 2.24) is 25.0 Å². The third kappa shape index (κ3) is 4.48. The monoisotopic (exact) mass is 344 g/mol. The van der Waals surface area contributed by atoms with Gasteiger partial charge in [0.05, 0.1) is 26.0 Å². The van der Waals surface area contributed by atoms with Gasteiger partial charge in [0, 0.05) is 57.3 Å². The topological polar surface area (TPSA) is 75.5 Å². The maximum atomic E-state index is 12.3. The molecule has 0 unspecified atom stereocenters. The van der Waals surface area contributed by atoms with Crippen molar-refractivity contribution in [3.05, 3.63) is 41.9 Å². The third-order valence-electron chi connectivity index (χ3n) is 4.13. The molecule has 0 bridgehead atoms. The molecule has 3 heterocycles. The lowest BCUT2D eigenvalue weighted by molar-refractivity contribution is 0.122. The molecule has 2 amide bonds. The predicted molar refractivity (Wildman–Crippen MR) is 94.2 cm³/mol. The van der Waals surface area contributed by atoms with E-state index in [1.807, 2.05) is 25.4 Å². The molecule has 1 fully saturated rings. The summed E-state index contributed by atoms with van der Waals surface area (Å²) in [7, 11) is 3.63. The Bertz CT molecular complexity index is 711. The summed E-state index contributed by atoms with van der Waals surface area (Å²) in [4.78, 5) is 20.7. The van der Waals surface area contributed by atoms with Crippen LogP contribution in [0.1, 0.15) is 11.1 Å². The first-order valence-electron chi connectivity index (χ1n) is 8.36. The molecule has 3 rings (SSSR count). The normalized spacial score (nSPS) is 14.4. The highest BCUT2D eigenvalue weighted by Gasteiger charge is 2.17. The average Bonchev–Trinajstić information content (AvgIpc) is 3.05. The van der Waals surface area contributed by atoms with Crippen LogP contribution in [0.2, 0.25) is 0 Å². The highest BCUT2D eigenvalue weighted by molar-refractivity contribution is 5.74. The molecule has 0 saturated carbocycles. The molecule has 8 nitrogen and oxygen atoms in total. The largest absolute Gasteiger partial charge is 0.378 e. The number of nitrogens with zero attached hydrogens (tertiary/aromatic N) is 5. The number of nitrogens with one attached hydrogen (secondary N) is 1. The van der Waals surface area contributed by atoms with E-state index in [9.17, 15) is 4.79 Å². The van der Waals surface area contributed by atoms with Crippen LogP contribution in [0.25, 0.3) is 0 Å². The number of amides is 2. The van der Waals surface area contributed by atoms with Gasteiger partial charge in [-0.15, -0.1) is 0 Å². The fourth-order valence-corrected chi connectivity index (χ4v) is 2.83. The molecular weight excluding hydrogens is 320 g/mol. The van der Waals surface area contributed by atoms with Gasteiger partial charge in [0.1, 0.15) is 5.82 Å². The molecule has 0 atom stereocenters. The van der Waals surface area contributed by atoms with Gasteiger partial charge in [-0.3, -0.25) is 4.68 Å². The SMILES string of the molecule is CN(Cc1cnn(C)c1)C(=O)NCc1cccnc1N1CCOCC1. The van der Waals surface area contributed by atoms with Gasteiger partial charge in [0.25, 0.3) is 0 Å². The van der Waals surface area contributed by atoms with Crippen molar-refractivity contribution in [3.63, 3.8) is 0 Å². The van der Waals surface area contributed by atoms with Crippen LogP contribution >= 0.6 is 0 Å².